The minimum atomic E-state index is -0.803. The number of hydrogen-bond donors (Lipinski definition) is 2. The number of carbonyl (C=O) groups excluding carboxylic acids is 3. The molecule has 182 valence electrons. The summed E-state index contributed by atoms with van der Waals surface area (Å²) in [7, 11) is 0. The van der Waals surface area contributed by atoms with Crippen molar-refractivity contribution in [3.63, 3.8) is 0 Å². The number of nitrogens with zero attached hydrogens (tertiary/aromatic N) is 1. The number of hydrogen-bond acceptors (Lipinski definition) is 4. The molecule has 1 aliphatic rings. The molecule has 0 saturated heterocycles. The lowest BCUT2D eigenvalue weighted by Gasteiger charge is -2.33. The molecular weight excluding hydrogens is 458 g/mol. The van der Waals surface area contributed by atoms with Crippen LogP contribution in [0.3, 0.4) is 0 Å². The molecule has 0 bridgehead atoms. The summed E-state index contributed by atoms with van der Waals surface area (Å²) in [5, 5.41) is 7.75. The van der Waals surface area contributed by atoms with Crippen LogP contribution in [0, 0.1) is 6.92 Å². The highest BCUT2D eigenvalue weighted by Crippen LogP contribution is 2.28. The van der Waals surface area contributed by atoms with Crippen LogP contribution in [-0.2, 0) is 16.1 Å². The number of benzene rings is 2. The van der Waals surface area contributed by atoms with Gasteiger partial charge in [0.15, 0.2) is 0 Å². The van der Waals surface area contributed by atoms with Gasteiger partial charge in [-0.25, -0.2) is 0 Å². The van der Waals surface area contributed by atoms with Gasteiger partial charge in [0.1, 0.15) is 6.04 Å². The molecule has 1 aliphatic carbocycles. The van der Waals surface area contributed by atoms with Crippen molar-refractivity contribution in [1.82, 2.24) is 15.5 Å². The SMILES string of the molecule is Cc1ccccc1C(C(=O)NC1CCCC1)N(Cc1ccccc1)C(=O)CNC(=O)c1cccs1. The predicted molar refractivity (Wildman–Crippen MR) is 138 cm³/mol. The Hall–Kier alpha value is -3.45. The van der Waals surface area contributed by atoms with Gasteiger partial charge in [0, 0.05) is 12.6 Å². The smallest absolute Gasteiger partial charge is 0.261 e. The summed E-state index contributed by atoms with van der Waals surface area (Å²) in [5.74, 6) is -0.787. The fourth-order valence-electron chi connectivity index (χ4n) is 4.55. The minimum absolute atomic E-state index is 0.126. The third kappa shape index (κ3) is 6.36. The number of nitrogens with one attached hydrogen (secondary N) is 2. The van der Waals surface area contributed by atoms with Gasteiger partial charge in [0.05, 0.1) is 11.4 Å². The average Bonchev–Trinajstić information content (AvgIpc) is 3.58. The lowest BCUT2D eigenvalue weighted by molar-refractivity contribution is -0.141. The highest BCUT2D eigenvalue weighted by molar-refractivity contribution is 7.12. The fraction of sp³-hybridized carbons (Fsp3) is 0.321. The first-order chi connectivity index (χ1) is 17.0. The molecule has 3 aromatic rings. The van der Waals surface area contributed by atoms with E-state index in [1.54, 1.807) is 17.0 Å². The zero-order valence-corrected chi connectivity index (χ0v) is 20.7. The maximum Gasteiger partial charge on any atom is 0.261 e. The van der Waals surface area contributed by atoms with Crippen LogP contribution in [0.2, 0.25) is 0 Å². The first kappa shape index (κ1) is 24.7. The maximum absolute atomic E-state index is 13.7. The first-order valence-corrected chi connectivity index (χ1v) is 12.9. The van der Waals surface area contributed by atoms with Gasteiger partial charge in [-0.15, -0.1) is 11.3 Å². The Kier molecular flexibility index (Phi) is 8.32. The third-order valence-corrected chi connectivity index (χ3v) is 7.27. The van der Waals surface area contributed by atoms with Gasteiger partial charge in [-0.05, 0) is 47.9 Å². The van der Waals surface area contributed by atoms with Crippen molar-refractivity contribution >= 4 is 29.1 Å². The number of thiophene rings is 1. The predicted octanol–water partition coefficient (Wildman–Crippen LogP) is 4.62. The van der Waals surface area contributed by atoms with Crippen molar-refractivity contribution < 1.29 is 14.4 Å². The van der Waals surface area contributed by atoms with Gasteiger partial charge in [-0.3, -0.25) is 14.4 Å². The topological polar surface area (TPSA) is 78.5 Å². The van der Waals surface area contributed by atoms with E-state index in [2.05, 4.69) is 10.6 Å². The monoisotopic (exact) mass is 489 g/mol. The second kappa shape index (κ2) is 11.8. The number of carbonyl (C=O) groups is 3. The standard InChI is InChI=1S/C28H31N3O3S/c1-20-10-5-8-15-23(20)26(28(34)30-22-13-6-7-14-22)31(19-21-11-3-2-4-12-21)25(32)18-29-27(33)24-16-9-17-35-24/h2-5,8-12,15-17,22,26H,6-7,13-14,18-19H2,1H3,(H,29,33)(H,30,34). The molecule has 2 aromatic carbocycles. The Morgan fingerprint density at radius 1 is 0.971 bits per heavy atom. The minimum Gasteiger partial charge on any atom is -0.351 e. The largest absolute Gasteiger partial charge is 0.351 e. The van der Waals surface area contributed by atoms with E-state index in [0.717, 1.165) is 42.4 Å². The summed E-state index contributed by atoms with van der Waals surface area (Å²) in [6.45, 7) is 2.02. The Bertz CT molecular complexity index is 1140. The molecule has 35 heavy (non-hydrogen) atoms. The van der Waals surface area contributed by atoms with Crippen molar-refractivity contribution in [3.05, 3.63) is 93.7 Å². The van der Waals surface area contributed by atoms with Crippen LogP contribution in [0.25, 0.3) is 0 Å². The molecule has 0 aliphatic heterocycles. The van der Waals surface area contributed by atoms with Crippen LogP contribution in [0.4, 0.5) is 0 Å². The second-order valence-corrected chi connectivity index (χ2v) is 9.86. The molecule has 1 aromatic heterocycles. The van der Waals surface area contributed by atoms with Crippen LogP contribution in [0.15, 0.2) is 72.1 Å². The third-order valence-electron chi connectivity index (χ3n) is 6.41. The molecule has 1 atom stereocenters. The Morgan fingerprint density at radius 2 is 1.69 bits per heavy atom. The molecule has 1 fully saturated rings. The molecule has 2 N–H and O–H groups in total. The van der Waals surface area contributed by atoms with Crippen LogP contribution in [-0.4, -0.2) is 35.2 Å². The zero-order chi connectivity index (χ0) is 24.6. The van der Waals surface area contributed by atoms with E-state index in [-0.39, 0.29) is 36.9 Å². The summed E-state index contributed by atoms with van der Waals surface area (Å²) in [6, 6.07) is 20.1. The number of amides is 3. The molecule has 1 saturated carbocycles. The van der Waals surface area contributed by atoms with Crippen molar-refractivity contribution in [2.24, 2.45) is 0 Å². The quantitative estimate of drug-likeness (QED) is 0.461. The van der Waals surface area contributed by atoms with Gasteiger partial charge in [-0.1, -0.05) is 73.5 Å². The van der Waals surface area contributed by atoms with E-state index in [4.69, 9.17) is 0 Å². The van der Waals surface area contributed by atoms with Crippen molar-refractivity contribution in [1.29, 1.82) is 0 Å². The van der Waals surface area contributed by atoms with Gasteiger partial charge in [-0.2, -0.15) is 0 Å². The summed E-state index contributed by atoms with van der Waals surface area (Å²) in [6.07, 6.45) is 4.11. The van der Waals surface area contributed by atoms with Gasteiger partial charge in [0.2, 0.25) is 11.8 Å². The normalized spacial score (nSPS) is 14.3. The van der Waals surface area contributed by atoms with Crippen LogP contribution >= 0.6 is 11.3 Å². The van der Waals surface area contributed by atoms with Gasteiger partial charge < -0.3 is 15.5 Å². The average molecular weight is 490 g/mol. The van der Waals surface area contributed by atoms with E-state index >= 15 is 0 Å². The zero-order valence-electron chi connectivity index (χ0n) is 19.9. The van der Waals surface area contributed by atoms with E-state index in [1.165, 1.54) is 11.3 Å². The highest BCUT2D eigenvalue weighted by Gasteiger charge is 2.34. The van der Waals surface area contributed by atoms with E-state index in [0.29, 0.717) is 4.88 Å². The summed E-state index contributed by atoms with van der Waals surface area (Å²) in [5.41, 5.74) is 2.64. The maximum atomic E-state index is 13.7. The second-order valence-electron chi connectivity index (χ2n) is 8.92. The molecule has 1 unspecified atom stereocenters. The van der Waals surface area contributed by atoms with Crippen molar-refractivity contribution in [2.75, 3.05) is 6.54 Å². The number of rotatable bonds is 9. The van der Waals surface area contributed by atoms with Crippen molar-refractivity contribution in [2.45, 2.75) is 51.2 Å². The molecule has 6 nitrogen and oxygen atoms in total. The van der Waals surface area contributed by atoms with Crippen LogP contribution in [0.5, 0.6) is 0 Å². The molecule has 3 amide bonds. The lowest BCUT2D eigenvalue weighted by atomic mass is 9.97. The summed E-state index contributed by atoms with van der Waals surface area (Å²) < 4.78 is 0. The van der Waals surface area contributed by atoms with Crippen molar-refractivity contribution in [3.8, 4) is 0 Å². The van der Waals surface area contributed by atoms with E-state index in [9.17, 15) is 14.4 Å². The molecule has 1 heterocycles. The fourth-order valence-corrected chi connectivity index (χ4v) is 5.19. The first-order valence-electron chi connectivity index (χ1n) is 12.0. The summed E-state index contributed by atoms with van der Waals surface area (Å²) in [4.78, 5) is 42.0. The number of aryl methyl sites for hydroxylation is 1. The molecule has 0 spiro atoms. The Balaban J connectivity index is 1.64. The summed E-state index contributed by atoms with van der Waals surface area (Å²) >= 11 is 1.32. The van der Waals surface area contributed by atoms with Gasteiger partial charge in [0.25, 0.3) is 5.91 Å². The van der Waals surface area contributed by atoms with Crippen LogP contribution < -0.4 is 10.6 Å². The van der Waals surface area contributed by atoms with E-state index in [1.807, 2.05) is 66.9 Å². The highest BCUT2D eigenvalue weighted by atomic mass is 32.1. The molecule has 0 radical (unpaired) electrons. The van der Waals surface area contributed by atoms with E-state index < -0.39 is 6.04 Å². The molecular formula is C28H31N3O3S. The van der Waals surface area contributed by atoms with Gasteiger partial charge >= 0.3 is 0 Å². The van der Waals surface area contributed by atoms with Crippen LogP contribution in [0.1, 0.15) is 58.1 Å². The molecule has 4 rings (SSSR count). The lowest BCUT2D eigenvalue weighted by Crippen LogP contribution is -2.48. The Labute approximate surface area is 210 Å². The Morgan fingerprint density at radius 3 is 2.37 bits per heavy atom. The molecule has 7 heteroatoms.